The van der Waals surface area contributed by atoms with Gasteiger partial charge in [0.15, 0.2) is 5.82 Å². The second-order valence-corrected chi connectivity index (χ2v) is 4.22. The van der Waals surface area contributed by atoms with Gasteiger partial charge in [-0.1, -0.05) is 18.2 Å². The number of aryl methyl sites for hydroxylation is 1. The van der Waals surface area contributed by atoms with Crippen molar-refractivity contribution in [2.24, 2.45) is 0 Å². The van der Waals surface area contributed by atoms with Gasteiger partial charge in [0, 0.05) is 11.6 Å². The maximum absolute atomic E-state index is 9.45. The van der Waals surface area contributed by atoms with E-state index in [2.05, 4.69) is 10.1 Å². The lowest BCUT2D eigenvalue weighted by molar-refractivity contribution is 0.283. The number of aliphatic hydroxyl groups excluding tert-OH is 1. The number of fused-ring (bicyclic) bond motifs is 1. The number of nitrogens with zero attached hydrogens (tertiary/aromatic N) is 3. The predicted molar refractivity (Wildman–Crippen MR) is 69.5 cm³/mol. The van der Waals surface area contributed by atoms with Crippen LogP contribution in [0.15, 0.2) is 42.6 Å². The van der Waals surface area contributed by atoms with Crippen LogP contribution in [0.1, 0.15) is 11.3 Å². The molecule has 90 valence electrons. The van der Waals surface area contributed by atoms with E-state index >= 15 is 0 Å². The molecule has 0 atom stereocenters. The van der Waals surface area contributed by atoms with Gasteiger partial charge >= 0.3 is 0 Å². The van der Waals surface area contributed by atoms with Crippen LogP contribution >= 0.6 is 0 Å². The lowest BCUT2D eigenvalue weighted by atomic mass is 10.1. The van der Waals surface area contributed by atoms with Crippen LogP contribution in [0.3, 0.4) is 0 Å². The van der Waals surface area contributed by atoms with Crippen LogP contribution in [0.25, 0.3) is 16.7 Å². The Morgan fingerprint density at radius 2 is 2.06 bits per heavy atom. The van der Waals surface area contributed by atoms with Crippen LogP contribution in [0.5, 0.6) is 0 Å². The van der Waals surface area contributed by atoms with Crippen molar-refractivity contribution in [1.82, 2.24) is 14.8 Å². The summed E-state index contributed by atoms with van der Waals surface area (Å²) in [5, 5.41) is 14.8. The molecule has 1 aromatic carbocycles. The van der Waals surface area contributed by atoms with Gasteiger partial charge in [0.25, 0.3) is 0 Å². The number of aromatic nitrogens is 3. The fourth-order valence-corrected chi connectivity index (χ4v) is 2.02. The van der Waals surface area contributed by atoms with Crippen LogP contribution in [-0.2, 0) is 6.61 Å². The molecule has 0 aliphatic rings. The van der Waals surface area contributed by atoms with E-state index in [-0.39, 0.29) is 6.61 Å². The Bertz CT molecular complexity index is 703. The van der Waals surface area contributed by atoms with Gasteiger partial charge in [-0.3, -0.25) is 0 Å². The summed E-state index contributed by atoms with van der Waals surface area (Å²) in [6, 6.07) is 11.6. The molecule has 3 aromatic rings. The average molecular weight is 239 g/mol. The number of para-hydroxylation sites is 1. The summed E-state index contributed by atoms with van der Waals surface area (Å²) >= 11 is 0. The van der Waals surface area contributed by atoms with Gasteiger partial charge in [0.05, 0.1) is 17.8 Å². The van der Waals surface area contributed by atoms with Crippen LogP contribution in [0, 0.1) is 6.92 Å². The standard InChI is InChI=1S/C14H13N3O/c1-10-6-7-17(16-10)14-8-11(9-18)12-4-2-3-5-13(12)15-14/h2-8,18H,9H2,1H3. The van der Waals surface area contributed by atoms with E-state index in [1.54, 1.807) is 4.68 Å². The van der Waals surface area contributed by atoms with E-state index in [1.807, 2.05) is 49.5 Å². The van der Waals surface area contributed by atoms with Gasteiger partial charge in [-0.2, -0.15) is 5.10 Å². The molecule has 0 bridgehead atoms. The molecule has 0 saturated carbocycles. The van der Waals surface area contributed by atoms with Crippen molar-refractivity contribution in [1.29, 1.82) is 0 Å². The fourth-order valence-electron chi connectivity index (χ4n) is 2.02. The highest BCUT2D eigenvalue weighted by Crippen LogP contribution is 2.20. The highest BCUT2D eigenvalue weighted by Gasteiger charge is 2.06. The van der Waals surface area contributed by atoms with Gasteiger partial charge < -0.3 is 5.11 Å². The molecule has 0 unspecified atom stereocenters. The molecule has 0 fully saturated rings. The highest BCUT2D eigenvalue weighted by atomic mass is 16.3. The smallest absolute Gasteiger partial charge is 0.154 e. The zero-order valence-corrected chi connectivity index (χ0v) is 10.0. The molecule has 4 heteroatoms. The molecule has 2 aromatic heterocycles. The number of aliphatic hydroxyl groups is 1. The number of pyridine rings is 1. The topological polar surface area (TPSA) is 50.9 Å². The monoisotopic (exact) mass is 239 g/mol. The molecule has 0 saturated heterocycles. The first-order valence-electron chi connectivity index (χ1n) is 5.80. The third kappa shape index (κ3) is 1.76. The minimum atomic E-state index is -0.00369. The van der Waals surface area contributed by atoms with E-state index in [0.29, 0.717) is 0 Å². The van der Waals surface area contributed by atoms with Crippen molar-refractivity contribution in [3.8, 4) is 5.82 Å². The molecule has 18 heavy (non-hydrogen) atoms. The Morgan fingerprint density at radius 1 is 1.22 bits per heavy atom. The van der Waals surface area contributed by atoms with Crippen molar-refractivity contribution in [2.75, 3.05) is 0 Å². The zero-order chi connectivity index (χ0) is 12.5. The molecule has 4 nitrogen and oxygen atoms in total. The summed E-state index contributed by atoms with van der Waals surface area (Å²) in [5.41, 5.74) is 2.67. The van der Waals surface area contributed by atoms with Crippen molar-refractivity contribution >= 4 is 10.9 Å². The third-order valence-corrected chi connectivity index (χ3v) is 2.92. The quantitative estimate of drug-likeness (QED) is 0.746. The molecule has 0 aliphatic heterocycles. The Labute approximate surface area is 105 Å². The summed E-state index contributed by atoms with van der Waals surface area (Å²) in [6.45, 7) is 1.93. The van der Waals surface area contributed by atoms with Crippen molar-refractivity contribution in [3.63, 3.8) is 0 Å². The lowest BCUT2D eigenvalue weighted by Gasteiger charge is -2.07. The zero-order valence-electron chi connectivity index (χ0n) is 10.0. The van der Waals surface area contributed by atoms with Crippen LogP contribution in [0.4, 0.5) is 0 Å². The SMILES string of the molecule is Cc1ccn(-c2cc(CO)c3ccccc3n2)n1. The lowest BCUT2D eigenvalue weighted by Crippen LogP contribution is -2.01. The maximum atomic E-state index is 9.45. The number of benzene rings is 1. The molecule has 2 heterocycles. The number of hydrogen-bond donors (Lipinski definition) is 1. The molecule has 3 rings (SSSR count). The van der Waals surface area contributed by atoms with Crippen molar-refractivity contribution in [2.45, 2.75) is 13.5 Å². The number of rotatable bonds is 2. The van der Waals surface area contributed by atoms with Crippen molar-refractivity contribution in [3.05, 3.63) is 53.9 Å². The number of hydrogen-bond acceptors (Lipinski definition) is 3. The minimum absolute atomic E-state index is 0.00369. The van der Waals surface area contributed by atoms with Crippen LogP contribution in [-0.4, -0.2) is 19.9 Å². The molecule has 1 N–H and O–H groups in total. The van der Waals surface area contributed by atoms with Gasteiger partial charge in [-0.25, -0.2) is 9.67 Å². The van der Waals surface area contributed by atoms with Gasteiger partial charge in [-0.15, -0.1) is 0 Å². The van der Waals surface area contributed by atoms with Gasteiger partial charge in [-0.05, 0) is 30.7 Å². The Balaban J connectivity index is 2.25. The first kappa shape index (κ1) is 10.9. The Hall–Kier alpha value is -2.20. The Kier molecular flexibility index (Phi) is 2.57. The van der Waals surface area contributed by atoms with E-state index in [9.17, 15) is 5.11 Å². The summed E-state index contributed by atoms with van der Waals surface area (Å²) < 4.78 is 1.72. The average Bonchev–Trinajstić information content (AvgIpc) is 2.84. The molecular formula is C14H13N3O. The van der Waals surface area contributed by atoms with E-state index in [0.717, 1.165) is 28.0 Å². The van der Waals surface area contributed by atoms with E-state index < -0.39 is 0 Å². The predicted octanol–water partition coefficient (Wildman–Crippen LogP) is 2.22. The van der Waals surface area contributed by atoms with Crippen LogP contribution in [0.2, 0.25) is 0 Å². The summed E-state index contributed by atoms with van der Waals surface area (Å²) in [6.07, 6.45) is 1.87. The second kappa shape index (κ2) is 4.23. The highest BCUT2D eigenvalue weighted by molar-refractivity contribution is 5.83. The molecule has 0 amide bonds. The van der Waals surface area contributed by atoms with Crippen molar-refractivity contribution < 1.29 is 5.11 Å². The Morgan fingerprint density at radius 3 is 2.78 bits per heavy atom. The maximum Gasteiger partial charge on any atom is 0.154 e. The second-order valence-electron chi connectivity index (χ2n) is 4.22. The largest absolute Gasteiger partial charge is 0.392 e. The summed E-state index contributed by atoms with van der Waals surface area (Å²) in [5.74, 6) is 0.728. The van der Waals surface area contributed by atoms with E-state index in [4.69, 9.17) is 0 Å². The summed E-state index contributed by atoms with van der Waals surface area (Å²) in [4.78, 5) is 4.56. The van der Waals surface area contributed by atoms with Gasteiger partial charge in [0.1, 0.15) is 0 Å². The van der Waals surface area contributed by atoms with Gasteiger partial charge in [0.2, 0.25) is 0 Å². The molecule has 0 aliphatic carbocycles. The first-order chi connectivity index (χ1) is 8.78. The van der Waals surface area contributed by atoms with Crippen LogP contribution < -0.4 is 0 Å². The molecule has 0 radical (unpaired) electrons. The molecule has 0 spiro atoms. The summed E-state index contributed by atoms with van der Waals surface area (Å²) in [7, 11) is 0. The normalized spacial score (nSPS) is 11.0. The fraction of sp³-hybridized carbons (Fsp3) is 0.143. The third-order valence-electron chi connectivity index (χ3n) is 2.92. The first-order valence-corrected chi connectivity index (χ1v) is 5.80. The van der Waals surface area contributed by atoms with E-state index in [1.165, 1.54) is 0 Å². The minimum Gasteiger partial charge on any atom is -0.392 e. The molecular weight excluding hydrogens is 226 g/mol.